The molecule has 2 aromatic carbocycles. The van der Waals surface area contributed by atoms with Gasteiger partial charge in [0.25, 0.3) is 0 Å². The summed E-state index contributed by atoms with van der Waals surface area (Å²) in [5, 5.41) is 0. The summed E-state index contributed by atoms with van der Waals surface area (Å²) in [6.07, 6.45) is 3.22. The van der Waals surface area contributed by atoms with Gasteiger partial charge < -0.3 is 4.90 Å². The quantitative estimate of drug-likeness (QED) is 0.703. The van der Waals surface area contributed by atoms with Crippen LogP contribution >= 0.6 is 17.0 Å². The van der Waals surface area contributed by atoms with E-state index in [1.54, 1.807) is 0 Å². The van der Waals surface area contributed by atoms with E-state index in [2.05, 4.69) is 35.0 Å². The summed E-state index contributed by atoms with van der Waals surface area (Å²) in [5.41, 5.74) is 2.99. The number of carbonyl (C=O) groups is 1. The van der Waals surface area contributed by atoms with Crippen molar-refractivity contribution in [2.24, 2.45) is 4.99 Å². The molecule has 0 saturated carbocycles. The lowest BCUT2D eigenvalue weighted by Gasteiger charge is -2.28. The number of carbonyl (C=O) groups excluding carboxylic acids is 1. The zero-order valence-corrected chi connectivity index (χ0v) is 15.7. The Morgan fingerprint density at radius 3 is 2.54 bits per heavy atom. The fourth-order valence-electron chi connectivity index (χ4n) is 2.89. The van der Waals surface area contributed by atoms with Gasteiger partial charge in [-0.05, 0) is 37.5 Å². The number of nitrogens with zero attached hydrogens (tertiary/aromatic N) is 2. The van der Waals surface area contributed by atoms with E-state index in [1.165, 1.54) is 5.56 Å². The first-order chi connectivity index (χ1) is 11.2. The van der Waals surface area contributed by atoms with Crippen molar-refractivity contribution in [2.45, 2.75) is 26.2 Å². The molecule has 0 N–H and O–H groups in total. The van der Waals surface area contributed by atoms with Gasteiger partial charge in [-0.25, -0.2) is 0 Å². The first-order valence-electron chi connectivity index (χ1n) is 8.20. The Morgan fingerprint density at radius 1 is 1.08 bits per heavy atom. The van der Waals surface area contributed by atoms with E-state index in [0.717, 1.165) is 42.9 Å². The third-order valence-corrected chi connectivity index (χ3v) is 4.13. The number of benzene rings is 2. The fourth-order valence-corrected chi connectivity index (χ4v) is 2.89. The molecule has 3 nitrogen and oxygen atoms in total. The van der Waals surface area contributed by atoms with Crippen molar-refractivity contribution < 1.29 is 4.79 Å². The predicted molar refractivity (Wildman–Crippen MR) is 106 cm³/mol. The van der Waals surface area contributed by atoms with Crippen LogP contribution in [0.15, 0.2) is 59.6 Å². The monoisotopic (exact) mass is 386 g/mol. The Morgan fingerprint density at radius 2 is 1.88 bits per heavy atom. The van der Waals surface area contributed by atoms with E-state index in [1.807, 2.05) is 36.4 Å². The summed E-state index contributed by atoms with van der Waals surface area (Å²) in [4.78, 5) is 19.4. The molecule has 2 aromatic rings. The number of ketones is 1. The lowest BCUT2D eigenvalue weighted by Crippen LogP contribution is -2.37. The molecule has 0 unspecified atom stereocenters. The summed E-state index contributed by atoms with van der Waals surface area (Å²) in [6, 6.07) is 17.8. The van der Waals surface area contributed by atoms with E-state index < -0.39 is 0 Å². The molecular weight excluding hydrogens is 364 g/mol. The van der Waals surface area contributed by atoms with Gasteiger partial charge in [0, 0.05) is 24.2 Å². The van der Waals surface area contributed by atoms with Crippen molar-refractivity contribution in [1.82, 2.24) is 0 Å². The molecule has 0 saturated heterocycles. The largest absolute Gasteiger partial charge is 0.322 e. The maximum atomic E-state index is 12.7. The van der Waals surface area contributed by atoms with Crippen LogP contribution in [0, 0.1) is 6.92 Å². The van der Waals surface area contributed by atoms with Crippen LogP contribution in [-0.2, 0) is 0 Å². The Hall–Kier alpha value is -1.94. The van der Waals surface area contributed by atoms with Crippen LogP contribution in [0.1, 0.15) is 35.2 Å². The summed E-state index contributed by atoms with van der Waals surface area (Å²) < 4.78 is 0. The van der Waals surface area contributed by atoms with Crippen LogP contribution in [0.25, 0.3) is 0 Å². The molecule has 1 heterocycles. The van der Waals surface area contributed by atoms with Crippen LogP contribution < -0.4 is 4.90 Å². The number of hydrogen-bond donors (Lipinski definition) is 0. The van der Waals surface area contributed by atoms with Gasteiger partial charge in [0.1, 0.15) is 5.84 Å². The minimum atomic E-state index is 0. The van der Waals surface area contributed by atoms with Gasteiger partial charge in [-0.1, -0.05) is 42.5 Å². The average molecular weight is 387 g/mol. The molecule has 0 spiro atoms. The fraction of sp³-hybridized carbons (Fsp3) is 0.300. The molecule has 126 valence electrons. The molecule has 0 radical (unpaired) electrons. The molecule has 1 aliphatic rings. The molecule has 0 aliphatic carbocycles. The number of anilines is 1. The number of Topliss-reactive ketones (excluding diaryl/α,β-unsaturated/α-hetero) is 1. The van der Waals surface area contributed by atoms with Crippen molar-refractivity contribution >= 4 is 34.3 Å². The Bertz CT molecular complexity index is 713. The normalized spacial score (nSPS) is 13.6. The average Bonchev–Trinajstić information content (AvgIpc) is 2.61. The van der Waals surface area contributed by atoms with Gasteiger partial charge in [-0.2, -0.15) is 0 Å². The van der Waals surface area contributed by atoms with E-state index >= 15 is 0 Å². The van der Waals surface area contributed by atoms with Crippen LogP contribution in [0.5, 0.6) is 0 Å². The van der Waals surface area contributed by atoms with Gasteiger partial charge in [0.05, 0.1) is 6.54 Å². The number of rotatable bonds is 4. The number of halogens is 1. The van der Waals surface area contributed by atoms with Crippen LogP contribution in [0.3, 0.4) is 0 Å². The number of amidine groups is 1. The summed E-state index contributed by atoms with van der Waals surface area (Å²) in [7, 11) is 0. The number of hydrogen-bond acceptors (Lipinski definition) is 3. The van der Waals surface area contributed by atoms with E-state index in [4.69, 9.17) is 0 Å². The topological polar surface area (TPSA) is 32.7 Å². The molecule has 4 heteroatoms. The second kappa shape index (κ2) is 8.78. The molecule has 1 aliphatic heterocycles. The highest BCUT2D eigenvalue weighted by Gasteiger charge is 2.19. The highest BCUT2D eigenvalue weighted by atomic mass is 79.9. The Kier molecular flexibility index (Phi) is 6.73. The summed E-state index contributed by atoms with van der Waals surface area (Å²) in [5.74, 6) is 1.16. The third-order valence-electron chi connectivity index (χ3n) is 4.13. The van der Waals surface area contributed by atoms with Crippen molar-refractivity contribution in [3.05, 3.63) is 65.7 Å². The number of aryl methyl sites for hydroxylation is 1. The van der Waals surface area contributed by atoms with Gasteiger partial charge >= 0.3 is 0 Å². The minimum absolute atomic E-state index is 0. The summed E-state index contributed by atoms with van der Waals surface area (Å²) in [6.45, 7) is 3.27. The van der Waals surface area contributed by atoms with E-state index in [-0.39, 0.29) is 22.8 Å². The number of aliphatic imine (C=N–C) groups is 1. The molecule has 0 aromatic heterocycles. The molecule has 0 amide bonds. The highest BCUT2D eigenvalue weighted by molar-refractivity contribution is 8.93. The summed E-state index contributed by atoms with van der Waals surface area (Å²) >= 11 is 0. The maximum absolute atomic E-state index is 12.7. The third kappa shape index (κ3) is 4.54. The minimum Gasteiger partial charge on any atom is -0.322 e. The zero-order chi connectivity index (χ0) is 16.1. The predicted octanol–water partition coefficient (Wildman–Crippen LogP) is 4.84. The first-order valence-corrected chi connectivity index (χ1v) is 8.20. The Balaban J connectivity index is 0.00000208. The SMILES string of the molecule is Br.Cc1cccc(N(CC(=O)c2ccccc2)C2=NCCCC2)c1. The second-order valence-corrected chi connectivity index (χ2v) is 5.97. The van der Waals surface area contributed by atoms with Crippen LogP contribution in [0.4, 0.5) is 5.69 Å². The lowest BCUT2D eigenvalue weighted by molar-refractivity contribution is 0.100. The molecule has 0 atom stereocenters. The standard InChI is InChI=1S/C20H22N2O.BrH/c1-16-8-7-11-18(14-16)22(20-12-5-6-13-21-20)15-19(23)17-9-3-2-4-10-17;/h2-4,7-11,14H,5-6,12-13,15H2,1H3;1H. The van der Waals surface area contributed by atoms with Gasteiger partial charge in [0.2, 0.25) is 0 Å². The van der Waals surface area contributed by atoms with E-state index in [0.29, 0.717) is 6.54 Å². The van der Waals surface area contributed by atoms with Crippen molar-refractivity contribution in [1.29, 1.82) is 0 Å². The highest BCUT2D eigenvalue weighted by Crippen LogP contribution is 2.21. The maximum Gasteiger partial charge on any atom is 0.182 e. The molecule has 24 heavy (non-hydrogen) atoms. The molecule has 0 fully saturated rings. The zero-order valence-electron chi connectivity index (χ0n) is 13.9. The Labute approximate surface area is 154 Å². The van der Waals surface area contributed by atoms with Gasteiger partial charge in [-0.3, -0.25) is 9.79 Å². The lowest BCUT2D eigenvalue weighted by atomic mass is 10.1. The van der Waals surface area contributed by atoms with Crippen LogP contribution in [-0.4, -0.2) is 24.7 Å². The van der Waals surface area contributed by atoms with E-state index in [9.17, 15) is 4.79 Å². The molecular formula is C20H23BrN2O. The molecule has 0 bridgehead atoms. The second-order valence-electron chi connectivity index (χ2n) is 5.97. The van der Waals surface area contributed by atoms with Crippen molar-refractivity contribution in [3.8, 4) is 0 Å². The smallest absolute Gasteiger partial charge is 0.182 e. The van der Waals surface area contributed by atoms with Crippen molar-refractivity contribution in [3.63, 3.8) is 0 Å². The van der Waals surface area contributed by atoms with Gasteiger partial charge in [0.15, 0.2) is 5.78 Å². The molecule has 3 rings (SSSR count). The van der Waals surface area contributed by atoms with Crippen molar-refractivity contribution in [2.75, 3.05) is 18.0 Å². The van der Waals surface area contributed by atoms with Crippen LogP contribution in [0.2, 0.25) is 0 Å². The van der Waals surface area contributed by atoms with Gasteiger partial charge in [-0.15, -0.1) is 17.0 Å². The first kappa shape index (κ1) is 18.4.